The summed E-state index contributed by atoms with van der Waals surface area (Å²) in [5, 5.41) is 9.25. The third-order valence-electron chi connectivity index (χ3n) is 3.85. The third-order valence-corrected chi connectivity index (χ3v) is 4.58. The number of benzene rings is 2. The minimum Gasteiger partial charge on any atom is -0.493 e. The molecule has 0 amide bonds. The fraction of sp³-hybridized carbons (Fsp3) is 0.167. The number of nitrogens with zero attached hydrogens (tertiary/aromatic N) is 1. The molecule has 0 atom stereocenters. The van der Waals surface area contributed by atoms with Crippen LogP contribution in [-0.4, -0.2) is 27.6 Å². The molecule has 0 spiro atoms. The Kier molecular flexibility index (Phi) is 4.97. The van der Waals surface area contributed by atoms with Crippen LogP contribution >= 0.6 is 0 Å². The lowest BCUT2D eigenvalue weighted by atomic mass is 10.1. The molecule has 26 heavy (non-hydrogen) atoms. The summed E-state index contributed by atoms with van der Waals surface area (Å²) in [5.74, 6) is 1.03. The van der Waals surface area contributed by atoms with E-state index in [1.807, 2.05) is 18.2 Å². The Labute approximate surface area is 151 Å². The first-order valence-electron chi connectivity index (χ1n) is 7.77. The molecule has 0 bridgehead atoms. The quantitative estimate of drug-likeness (QED) is 0.689. The van der Waals surface area contributed by atoms with Gasteiger partial charge in [0.1, 0.15) is 0 Å². The lowest BCUT2D eigenvalue weighted by molar-refractivity contribution is 0.356. The summed E-state index contributed by atoms with van der Waals surface area (Å²) >= 11 is 0. The minimum absolute atomic E-state index is 0.192. The van der Waals surface area contributed by atoms with E-state index in [0.717, 1.165) is 22.3 Å². The molecule has 0 aliphatic carbocycles. The first kappa shape index (κ1) is 18.0. The normalized spacial score (nSPS) is 11.3. The standard InChI is InChI=1S/C18H19N3O4S/c1-24-17-9-14-15(7-8-20-16(14)10-18(17)25-2)21-13-5-3-12(4-6-13)11-26(19,22)23/h3-10H,11H2,1-2H3,(H,20,21)(H2,19,22,23). The van der Waals surface area contributed by atoms with Gasteiger partial charge in [-0.15, -0.1) is 0 Å². The predicted molar refractivity (Wildman–Crippen MR) is 101 cm³/mol. The van der Waals surface area contributed by atoms with E-state index >= 15 is 0 Å². The minimum atomic E-state index is -3.55. The van der Waals surface area contributed by atoms with Crippen molar-refractivity contribution in [2.24, 2.45) is 5.14 Å². The summed E-state index contributed by atoms with van der Waals surface area (Å²) in [6.45, 7) is 0. The number of sulfonamides is 1. The number of hydrogen-bond acceptors (Lipinski definition) is 6. The Morgan fingerprint density at radius 2 is 1.69 bits per heavy atom. The molecule has 7 nitrogen and oxygen atoms in total. The highest BCUT2D eigenvalue weighted by molar-refractivity contribution is 7.88. The van der Waals surface area contributed by atoms with E-state index in [9.17, 15) is 8.42 Å². The number of aromatic nitrogens is 1. The number of anilines is 2. The SMILES string of the molecule is COc1cc2nccc(Nc3ccc(CS(N)(=O)=O)cc3)c2cc1OC. The number of rotatable bonds is 6. The molecule has 2 aromatic carbocycles. The van der Waals surface area contributed by atoms with Crippen LogP contribution in [-0.2, 0) is 15.8 Å². The van der Waals surface area contributed by atoms with Crippen LogP contribution < -0.4 is 19.9 Å². The molecule has 0 aliphatic rings. The van der Waals surface area contributed by atoms with E-state index in [1.54, 1.807) is 44.7 Å². The average molecular weight is 373 g/mol. The maximum atomic E-state index is 11.2. The van der Waals surface area contributed by atoms with Crippen LogP contribution in [0.15, 0.2) is 48.7 Å². The Balaban J connectivity index is 1.93. The fourth-order valence-corrected chi connectivity index (χ4v) is 3.31. The molecule has 3 N–H and O–H groups in total. The first-order valence-corrected chi connectivity index (χ1v) is 9.48. The zero-order chi connectivity index (χ0) is 18.7. The number of fused-ring (bicyclic) bond motifs is 1. The third kappa shape index (κ3) is 4.04. The number of ether oxygens (including phenoxy) is 2. The highest BCUT2D eigenvalue weighted by atomic mass is 32.2. The van der Waals surface area contributed by atoms with E-state index in [1.165, 1.54) is 0 Å². The van der Waals surface area contributed by atoms with Gasteiger partial charge >= 0.3 is 0 Å². The maximum Gasteiger partial charge on any atom is 0.213 e. The second-order valence-electron chi connectivity index (χ2n) is 5.71. The number of hydrogen-bond donors (Lipinski definition) is 2. The summed E-state index contributed by atoms with van der Waals surface area (Å²) in [7, 11) is -0.388. The van der Waals surface area contributed by atoms with Gasteiger partial charge in [-0.3, -0.25) is 4.98 Å². The summed E-state index contributed by atoms with van der Waals surface area (Å²) in [6.07, 6.45) is 1.70. The van der Waals surface area contributed by atoms with Crippen molar-refractivity contribution in [2.45, 2.75) is 5.75 Å². The van der Waals surface area contributed by atoms with Gasteiger partial charge in [-0.25, -0.2) is 13.6 Å². The molecule has 0 aliphatic heterocycles. The molecule has 136 valence electrons. The van der Waals surface area contributed by atoms with Crippen LogP contribution in [0, 0.1) is 0 Å². The van der Waals surface area contributed by atoms with E-state index in [-0.39, 0.29) is 5.75 Å². The van der Waals surface area contributed by atoms with Gasteiger partial charge in [0.05, 0.1) is 25.5 Å². The largest absolute Gasteiger partial charge is 0.493 e. The van der Waals surface area contributed by atoms with Gasteiger partial charge in [0.15, 0.2) is 11.5 Å². The lowest BCUT2D eigenvalue weighted by Crippen LogP contribution is -2.14. The van der Waals surface area contributed by atoms with Crippen LogP contribution in [0.4, 0.5) is 11.4 Å². The predicted octanol–water partition coefficient (Wildman–Crippen LogP) is 2.78. The van der Waals surface area contributed by atoms with E-state index in [0.29, 0.717) is 17.1 Å². The molecule has 8 heteroatoms. The van der Waals surface area contributed by atoms with Gasteiger partial charge < -0.3 is 14.8 Å². The van der Waals surface area contributed by atoms with Gasteiger partial charge in [-0.1, -0.05) is 12.1 Å². The molecule has 3 aromatic rings. The van der Waals surface area contributed by atoms with Crippen LogP contribution in [0.5, 0.6) is 11.5 Å². The average Bonchev–Trinajstić information content (AvgIpc) is 2.61. The van der Waals surface area contributed by atoms with E-state index in [4.69, 9.17) is 14.6 Å². The van der Waals surface area contributed by atoms with Gasteiger partial charge in [-0.2, -0.15) is 0 Å². The molecule has 1 aromatic heterocycles. The first-order chi connectivity index (χ1) is 12.4. The van der Waals surface area contributed by atoms with Crippen molar-refractivity contribution in [2.75, 3.05) is 19.5 Å². The molecule has 0 saturated heterocycles. The van der Waals surface area contributed by atoms with Crippen molar-refractivity contribution in [1.29, 1.82) is 0 Å². The number of nitrogens with two attached hydrogens (primary N) is 1. The molecule has 0 radical (unpaired) electrons. The summed E-state index contributed by atoms with van der Waals surface area (Å²) in [6, 6.07) is 12.6. The zero-order valence-corrected chi connectivity index (χ0v) is 15.2. The number of pyridine rings is 1. The van der Waals surface area contributed by atoms with Crippen LogP contribution in [0.25, 0.3) is 10.9 Å². The van der Waals surface area contributed by atoms with Gasteiger partial charge in [0.2, 0.25) is 10.0 Å². The van der Waals surface area contributed by atoms with E-state index in [2.05, 4.69) is 10.3 Å². The van der Waals surface area contributed by atoms with Crippen molar-refractivity contribution in [3.8, 4) is 11.5 Å². The zero-order valence-electron chi connectivity index (χ0n) is 14.4. The van der Waals surface area contributed by atoms with Crippen LogP contribution in [0.3, 0.4) is 0 Å². The molecule has 1 heterocycles. The topological polar surface area (TPSA) is 104 Å². The molecule has 3 rings (SSSR count). The summed E-state index contributed by atoms with van der Waals surface area (Å²) < 4.78 is 33.0. The van der Waals surface area contributed by atoms with Crippen molar-refractivity contribution < 1.29 is 17.9 Å². The van der Waals surface area contributed by atoms with Crippen LogP contribution in [0.2, 0.25) is 0 Å². The molecular formula is C18H19N3O4S. The summed E-state index contributed by atoms with van der Waals surface area (Å²) in [5.41, 5.74) is 3.04. The smallest absolute Gasteiger partial charge is 0.213 e. The van der Waals surface area contributed by atoms with Crippen molar-refractivity contribution in [3.05, 3.63) is 54.2 Å². The van der Waals surface area contributed by atoms with Gasteiger partial charge in [0, 0.05) is 29.0 Å². The van der Waals surface area contributed by atoms with Gasteiger partial charge in [0.25, 0.3) is 0 Å². The number of methoxy groups -OCH3 is 2. The lowest BCUT2D eigenvalue weighted by Gasteiger charge is -2.13. The molecular weight excluding hydrogens is 354 g/mol. The monoisotopic (exact) mass is 373 g/mol. The maximum absolute atomic E-state index is 11.2. The molecule has 0 unspecified atom stereocenters. The van der Waals surface area contributed by atoms with Crippen molar-refractivity contribution >= 4 is 32.3 Å². The van der Waals surface area contributed by atoms with Gasteiger partial charge in [-0.05, 0) is 29.8 Å². The Hall–Kier alpha value is -2.84. The summed E-state index contributed by atoms with van der Waals surface area (Å²) in [4.78, 5) is 4.37. The van der Waals surface area contributed by atoms with Crippen molar-refractivity contribution in [3.63, 3.8) is 0 Å². The highest BCUT2D eigenvalue weighted by Crippen LogP contribution is 2.35. The molecule has 0 saturated carbocycles. The Bertz CT molecular complexity index is 1030. The highest BCUT2D eigenvalue weighted by Gasteiger charge is 2.10. The number of nitrogens with one attached hydrogen (secondary N) is 1. The second-order valence-corrected chi connectivity index (χ2v) is 7.33. The Morgan fingerprint density at radius 1 is 1.04 bits per heavy atom. The second kappa shape index (κ2) is 7.19. The van der Waals surface area contributed by atoms with Crippen molar-refractivity contribution in [1.82, 2.24) is 4.98 Å². The Morgan fingerprint density at radius 3 is 2.31 bits per heavy atom. The number of primary sulfonamides is 1. The molecule has 0 fully saturated rings. The van der Waals surface area contributed by atoms with Crippen LogP contribution in [0.1, 0.15) is 5.56 Å². The van der Waals surface area contributed by atoms with E-state index < -0.39 is 10.0 Å². The fourth-order valence-electron chi connectivity index (χ4n) is 2.65.